The molecule has 4 heteroatoms. The molecule has 0 heterocycles. The first-order chi connectivity index (χ1) is 6.56. The van der Waals surface area contributed by atoms with Crippen LogP contribution in [0.1, 0.15) is 17.3 Å². The molecule has 76 valence electrons. The Hall–Kier alpha value is -0.570. The Morgan fingerprint density at radius 1 is 1.43 bits per heavy atom. The molecule has 14 heavy (non-hydrogen) atoms. The molecule has 0 bridgehead atoms. The van der Waals surface area contributed by atoms with Gasteiger partial charge in [0, 0.05) is 17.7 Å². The maximum atomic E-state index is 11.7. The summed E-state index contributed by atoms with van der Waals surface area (Å²) in [5.41, 5.74) is 0.436. The van der Waals surface area contributed by atoms with Crippen LogP contribution in [-0.4, -0.2) is 19.0 Å². The minimum Gasteiger partial charge on any atom is -0.374 e. The maximum absolute atomic E-state index is 11.7. The van der Waals surface area contributed by atoms with E-state index >= 15 is 0 Å². The van der Waals surface area contributed by atoms with Crippen LogP contribution in [0.5, 0.6) is 0 Å². The van der Waals surface area contributed by atoms with Crippen molar-refractivity contribution in [1.82, 2.24) is 0 Å². The summed E-state index contributed by atoms with van der Waals surface area (Å²) < 4.78 is 4.91. The number of hydrogen-bond acceptors (Lipinski definition) is 2. The Bertz CT molecular complexity index is 350. The van der Waals surface area contributed by atoms with Crippen molar-refractivity contribution in [3.8, 4) is 0 Å². The minimum atomic E-state index is -0.492. The van der Waals surface area contributed by atoms with Crippen LogP contribution in [0.4, 0.5) is 0 Å². The van der Waals surface area contributed by atoms with Crippen LogP contribution in [-0.2, 0) is 4.74 Å². The first-order valence-corrected chi connectivity index (χ1v) is 4.84. The monoisotopic (exact) mass is 232 g/mol. The molecular weight excluding hydrogens is 223 g/mol. The van der Waals surface area contributed by atoms with Crippen molar-refractivity contribution in [2.24, 2.45) is 0 Å². The molecule has 0 aliphatic rings. The van der Waals surface area contributed by atoms with Crippen molar-refractivity contribution in [3.63, 3.8) is 0 Å². The van der Waals surface area contributed by atoms with E-state index in [0.29, 0.717) is 15.6 Å². The lowest BCUT2D eigenvalue weighted by atomic mass is 10.1. The van der Waals surface area contributed by atoms with E-state index in [2.05, 4.69) is 0 Å². The van der Waals surface area contributed by atoms with Crippen LogP contribution in [0.15, 0.2) is 18.2 Å². The molecule has 0 spiro atoms. The van der Waals surface area contributed by atoms with Gasteiger partial charge in [-0.2, -0.15) is 0 Å². The van der Waals surface area contributed by atoms with Gasteiger partial charge in [-0.05, 0) is 25.1 Å². The molecule has 0 aliphatic carbocycles. The molecule has 1 atom stereocenters. The van der Waals surface area contributed by atoms with Gasteiger partial charge < -0.3 is 4.74 Å². The molecule has 0 saturated heterocycles. The van der Waals surface area contributed by atoms with Crippen LogP contribution >= 0.6 is 23.2 Å². The maximum Gasteiger partial charge on any atom is 0.192 e. The zero-order valence-electron chi connectivity index (χ0n) is 7.88. The van der Waals surface area contributed by atoms with E-state index in [4.69, 9.17) is 27.9 Å². The topological polar surface area (TPSA) is 26.3 Å². The van der Waals surface area contributed by atoms with Crippen molar-refractivity contribution in [3.05, 3.63) is 33.8 Å². The average molecular weight is 233 g/mol. The first kappa shape index (κ1) is 11.5. The lowest BCUT2D eigenvalue weighted by Gasteiger charge is -2.09. The number of rotatable bonds is 3. The molecule has 1 rings (SSSR count). The number of carbonyl (C=O) groups excluding carboxylic acids is 1. The van der Waals surface area contributed by atoms with Gasteiger partial charge in [0.15, 0.2) is 5.78 Å². The molecule has 0 saturated carbocycles. The highest BCUT2D eigenvalue weighted by Gasteiger charge is 2.17. The third-order valence-electron chi connectivity index (χ3n) is 1.92. The number of benzene rings is 1. The van der Waals surface area contributed by atoms with Gasteiger partial charge in [0.25, 0.3) is 0 Å². The molecule has 0 aliphatic heterocycles. The zero-order chi connectivity index (χ0) is 10.7. The van der Waals surface area contributed by atoms with Gasteiger partial charge in [0.2, 0.25) is 0 Å². The standard InChI is InChI=1S/C10H10Cl2O2/c1-6(14-2)10(13)8-4-3-7(11)5-9(8)12/h3-6H,1-2H3. The van der Waals surface area contributed by atoms with Crippen LogP contribution in [0.2, 0.25) is 10.0 Å². The molecule has 1 aromatic carbocycles. The van der Waals surface area contributed by atoms with E-state index in [0.717, 1.165) is 0 Å². The second-order valence-electron chi connectivity index (χ2n) is 2.87. The van der Waals surface area contributed by atoms with Gasteiger partial charge in [0.1, 0.15) is 6.10 Å². The van der Waals surface area contributed by atoms with Crippen LogP contribution < -0.4 is 0 Å². The fourth-order valence-corrected chi connectivity index (χ4v) is 1.52. The number of methoxy groups -OCH3 is 1. The molecular formula is C10H10Cl2O2. The van der Waals surface area contributed by atoms with E-state index in [1.807, 2.05) is 0 Å². The molecule has 0 aromatic heterocycles. The Kier molecular flexibility index (Phi) is 3.93. The summed E-state index contributed by atoms with van der Waals surface area (Å²) in [6, 6.07) is 4.77. The van der Waals surface area contributed by atoms with Crippen molar-refractivity contribution < 1.29 is 9.53 Å². The summed E-state index contributed by atoms with van der Waals surface area (Å²) in [5.74, 6) is -0.144. The van der Waals surface area contributed by atoms with Crippen LogP contribution in [0.3, 0.4) is 0 Å². The van der Waals surface area contributed by atoms with Crippen molar-refractivity contribution in [2.45, 2.75) is 13.0 Å². The summed E-state index contributed by atoms with van der Waals surface area (Å²) in [4.78, 5) is 11.7. The summed E-state index contributed by atoms with van der Waals surface area (Å²) >= 11 is 11.6. The van der Waals surface area contributed by atoms with E-state index < -0.39 is 6.10 Å². The predicted octanol–water partition coefficient (Wildman–Crippen LogP) is 3.21. The number of hydrogen-bond donors (Lipinski definition) is 0. The highest BCUT2D eigenvalue weighted by atomic mass is 35.5. The van der Waals surface area contributed by atoms with Gasteiger partial charge in [0.05, 0.1) is 5.02 Å². The smallest absolute Gasteiger partial charge is 0.192 e. The molecule has 0 N–H and O–H groups in total. The van der Waals surface area contributed by atoms with Gasteiger partial charge in [-0.1, -0.05) is 23.2 Å². The lowest BCUT2D eigenvalue weighted by molar-refractivity contribution is 0.0656. The van der Waals surface area contributed by atoms with E-state index in [9.17, 15) is 4.79 Å². The lowest BCUT2D eigenvalue weighted by Crippen LogP contribution is -2.19. The SMILES string of the molecule is COC(C)C(=O)c1ccc(Cl)cc1Cl. The van der Waals surface area contributed by atoms with E-state index in [-0.39, 0.29) is 5.78 Å². The molecule has 0 radical (unpaired) electrons. The van der Waals surface area contributed by atoms with Gasteiger partial charge >= 0.3 is 0 Å². The zero-order valence-corrected chi connectivity index (χ0v) is 9.39. The average Bonchev–Trinajstić information content (AvgIpc) is 2.15. The Balaban J connectivity index is 3.02. The van der Waals surface area contributed by atoms with Gasteiger partial charge in [-0.15, -0.1) is 0 Å². The van der Waals surface area contributed by atoms with E-state index in [1.165, 1.54) is 7.11 Å². The Labute approximate surface area is 92.8 Å². The van der Waals surface area contributed by atoms with Crippen molar-refractivity contribution >= 4 is 29.0 Å². The van der Waals surface area contributed by atoms with Crippen LogP contribution in [0.25, 0.3) is 0 Å². The third kappa shape index (κ3) is 2.47. The Morgan fingerprint density at radius 2 is 2.07 bits per heavy atom. The second-order valence-corrected chi connectivity index (χ2v) is 3.71. The van der Waals surface area contributed by atoms with E-state index in [1.54, 1.807) is 25.1 Å². The van der Waals surface area contributed by atoms with Crippen LogP contribution in [0, 0.1) is 0 Å². The fraction of sp³-hybridized carbons (Fsp3) is 0.300. The number of carbonyl (C=O) groups is 1. The third-order valence-corrected chi connectivity index (χ3v) is 2.47. The minimum absolute atomic E-state index is 0.144. The normalized spacial score (nSPS) is 12.6. The summed E-state index contributed by atoms with van der Waals surface area (Å²) in [6.07, 6.45) is -0.492. The largest absolute Gasteiger partial charge is 0.374 e. The molecule has 0 amide bonds. The quantitative estimate of drug-likeness (QED) is 0.749. The summed E-state index contributed by atoms with van der Waals surface area (Å²) in [7, 11) is 1.48. The number of halogens is 2. The predicted molar refractivity (Wildman–Crippen MR) is 57.3 cm³/mol. The van der Waals surface area contributed by atoms with Gasteiger partial charge in [-0.3, -0.25) is 4.79 Å². The number of ketones is 1. The Morgan fingerprint density at radius 3 is 2.57 bits per heavy atom. The summed E-state index contributed by atoms with van der Waals surface area (Å²) in [6.45, 7) is 1.67. The number of Topliss-reactive ketones (excluding diaryl/α,β-unsaturated/α-hetero) is 1. The first-order valence-electron chi connectivity index (χ1n) is 4.08. The number of ether oxygens (including phenoxy) is 1. The van der Waals surface area contributed by atoms with Crippen molar-refractivity contribution in [2.75, 3.05) is 7.11 Å². The highest BCUT2D eigenvalue weighted by molar-refractivity contribution is 6.37. The van der Waals surface area contributed by atoms with Crippen molar-refractivity contribution in [1.29, 1.82) is 0 Å². The fourth-order valence-electron chi connectivity index (χ4n) is 1.02. The molecule has 1 aromatic rings. The molecule has 1 unspecified atom stereocenters. The second kappa shape index (κ2) is 4.78. The van der Waals surface area contributed by atoms with Gasteiger partial charge in [-0.25, -0.2) is 0 Å². The highest BCUT2D eigenvalue weighted by Crippen LogP contribution is 2.22. The molecule has 2 nitrogen and oxygen atoms in total. The summed E-state index contributed by atoms with van der Waals surface area (Å²) in [5, 5.41) is 0.864. The molecule has 0 fully saturated rings.